The number of amides is 2. The molecule has 31 heavy (non-hydrogen) atoms. The van der Waals surface area contributed by atoms with Crippen molar-refractivity contribution in [3.05, 3.63) is 54.3 Å². The van der Waals surface area contributed by atoms with Gasteiger partial charge in [0.1, 0.15) is 11.4 Å². The SMILES string of the molecule is O=C(CCSc1ccc(F)cc1)OCC(=O)N1c2ccccc2NC(=O)C12CCCC2. The largest absolute Gasteiger partial charge is 0.456 e. The van der Waals surface area contributed by atoms with Crippen LogP contribution in [-0.4, -0.2) is 35.7 Å². The molecular formula is C23H23FN2O4S. The standard InChI is InChI=1S/C23H23FN2O4S/c24-16-7-9-17(10-8-16)31-14-11-21(28)30-15-20(27)26-19-6-2-1-5-18(19)25-22(29)23(26)12-3-4-13-23/h1-2,5-10H,3-4,11-15H2,(H,25,29). The quantitative estimate of drug-likeness (QED) is 0.537. The van der Waals surface area contributed by atoms with Crippen LogP contribution in [0.15, 0.2) is 53.4 Å². The highest BCUT2D eigenvalue weighted by Gasteiger charge is 2.52. The molecule has 0 bridgehead atoms. The minimum absolute atomic E-state index is 0.123. The Kier molecular flexibility index (Phi) is 6.27. The maximum Gasteiger partial charge on any atom is 0.307 e. The lowest BCUT2D eigenvalue weighted by Gasteiger charge is -2.44. The van der Waals surface area contributed by atoms with Crippen LogP contribution in [0, 0.1) is 5.82 Å². The Morgan fingerprint density at radius 2 is 1.81 bits per heavy atom. The number of carbonyl (C=O) groups excluding carboxylic acids is 3. The number of anilines is 2. The lowest BCUT2D eigenvalue weighted by atomic mass is 9.90. The molecule has 0 saturated heterocycles. The highest BCUT2D eigenvalue weighted by Crippen LogP contribution is 2.45. The first-order chi connectivity index (χ1) is 15.0. The average molecular weight is 443 g/mol. The summed E-state index contributed by atoms with van der Waals surface area (Å²) in [5, 5.41) is 2.92. The number of halogens is 1. The second-order valence-electron chi connectivity index (χ2n) is 7.65. The van der Waals surface area contributed by atoms with E-state index in [2.05, 4.69) is 5.32 Å². The van der Waals surface area contributed by atoms with Crippen LogP contribution >= 0.6 is 11.8 Å². The molecule has 1 heterocycles. The number of hydrogen-bond acceptors (Lipinski definition) is 5. The Balaban J connectivity index is 1.38. The van der Waals surface area contributed by atoms with Gasteiger partial charge in [-0.2, -0.15) is 0 Å². The van der Waals surface area contributed by atoms with Crippen LogP contribution in [0.2, 0.25) is 0 Å². The third kappa shape index (κ3) is 4.44. The summed E-state index contributed by atoms with van der Waals surface area (Å²) in [5.41, 5.74) is 0.299. The van der Waals surface area contributed by atoms with E-state index in [-0.39, 0.29) is 18.1 Å². The first-order valence-corrected chi connectivity index (χ1v) is 11.3. The molecule has 0 aromatic heterocycles. The van der Waals surface area contributed by atoms with Crippen molar-refractivity contribution in [2.45, 2.75) is 42.5 Å². The van der Waals surface area contributed by atoms with Crippen LogP contribution in [-0.2, 0) is 19.1 Å². The molecular weight excluding hydrogens is 419 g/mol. The monoisotopic (exact) mass is 442 g/mol. The van der Waals surface area contributed by atoms with E-state index >= 15 is 0 Å². The van der Waals surface area contributed by atoms with E-state index in [1.807, 2.05) is 6.07 Å². The van der Waals surface area contributed by atoms with E-state index in [4.69, 9.17) is 4.74 Å². The van der Waals surface area contributed by atoms with Crippen molar-refractivity contribution in [3.63, 3.8) is 0 Å². The fourth-order valence-electron chi connectivity index (χ4n) is 4.19. The Morgan fingerprint density at radius 1 is 1.10 bits per heavy atom. The summed E-state index contributed by atoms with van der Waals surface area (Å²) in [4.78, 5) is 40.6. The Bertz CT molecular complexity index is 989. The molecule has 2 amide bonds. The lowest BCUT2D eigenvalue weighted by molar-refractivity contribution is -0.147. The average Bonchev–Trinajstić information content (AvgIpc) is 3.25. The molecule has 1 N–H and O–H groups in total. The molecule has 1 spiro atoms. The van der Waals surface area contributed by atoms with Crippen LogP contribution in [0.25, 0.3) is 0 Å². The molecule has 2 aromatic carbocycles. The fraction of sp³-hybridized carbons (Fsp3) is 0.348. The molecule has 6 nitrogen and oxygen atoms in total. The van der Waals surface area contributed by atoms with Crippen molar-refractivity contribution in [1.82, 2.24) is 0 Å². The molecule has 162 valence electrons. The predicted molar refractivity (Wildman–Crippen MR) is 116 cm³/mol. The van der Waals surface area contributed by atoms with Gasteiger partial charge in [0.05, 0.1) is 17.8 Å². The molecule has 1 fully saturated rings. The summed E-state index contributed by atoms with van der Waals surface area (Å²) in [6, 6.07) is 13.2. The van der Waals surface area contributed by atoms with Crippen molar-refractivity contribution in [3.8, 4) is 0 Å². The number of carbonyl (C=O) groups is 3. The molecule has 8 heteroatoms. The van der Waals surface area contributed by atoms with Gasteiger partial charge in [-0.05, 0) is 49.2 Å². The third-order valence-corrected chi connectivity index (χ3v) is 6.68. The molecule has 4 rings (SSSR count). The van der Waals surface area contributed by atoms with Gasteiger partial charge in [-0.1, -0.05) is 25.0 Å². The zero-order valence-electron chi connectivity index (χ0n) is 16.9. The van der Waals surface area contributed by atoms with Crippen molar-refractivity contribution >= 4 is 40.9 Å². The van der Waals surface area contributed by atoms with Crippen LogP contribution < -0.4 is 10.2 Å². The number of nitrogens with zero attached hydrogens (tertiary/aromatic N) is 1. The van der Waals surface area contributed by atoms with Gasteiger partial charge in [-0.25, -0.2) is 4.39 Å². The second kappa shape index (κ2) is 9.09. The first kappa shape index (κ1) is 21.4. The number of ether oxygens (including phenoxy) is 1. The van der Waals surface area contributed by atoms with E-state index in [9.17, 15) is 18.8 Å². The van der Waals surface area contributed by atoms with Crippen molar-refractivity contribution in [2.24, 2.45) is 0 Å². The molecule has 0 unspecified atom stereocenters. The molecule has 1 aliphatic carbocycles. The van der Waals surface area contributed by atoms with Gasteiger partial charge in [0.25, 0.3) is 11.8 Å². The first-order valence-electron chi connectivity index (χ1n) is 10.3. The lowest BCUT2D eigenvalue weighted by Crippen LogP contribution is -2.61. The zero-order valence-corrected chi connectivity index (χ0v) is 17.8. The summed E-state index contributed by atoms with van der Waals surface area (Å²) in [7, 11) is 0. The van der Waals surface area contributed by atoms with E-state index in [0.717, 1.165) is 17.7 Å². The van der Waals surface area contributed by atoms with Crippen LogP contribution in [0.3, 0.4) is 0 Å². The topological polar surface area (TPSA) is 75.7 Å². The number of benzene rings is 2. The fourth-order valence-corrected chi connectivity index (χ4v) is 5.02. The number of hydrogen-bond donors (Lipinski definition) is 1. The third-order valence-electron chi connectivity index (χ3n) is 5.67. The van der Waals surface area contributed by atoms with Gasteiger partial charge in [0.15, 0.2) is 6.61 Å². The summed E-state index contributed by atoms with van der Waals surface area (Å²) >= 11 is 1.41. The second-order valence-corrected chi connectivity index (χ2v) is 8.82. The van der Waals surface area contributed by atoms with Gasteiger partial charge in [0.2, 0.25) is 0 Å². The van der Waals surface area contributed by atoms with Crippen LogP contribution in [0.1, 0.15) is 32.1 Å². The van der Waals surface area contributed by atoms with Crippen molar-refractivity contribution in [2.75, 3.05) is 22.6 Å². The van der Waals surface area contributed by atoms with Gasteiger partial charge < -0.3 is 10.1 Å². The predicted octanol–water partition coefficient (Wildman–Crippen LogP) is 4.15. The minimum atomic E-state index is -0.920. The summed E-state index contributed by atoms with van der Waals surface area (Å²) in [5.74, 6) is -0.923. The number of nitrogens with one attached hydrogen (secondary N) is 1. The number of rotatable bonds is 6. The van der Waals surface area contributed by atoms with Crippen molar-refractivity contribution < 1.29 is 23.5 Å². The van der Waals surface area contributed by atoms with Crippen molar-refractivity contribution in [1.29, 1.82) is 0 Å². The van der Waals surface area contributed by atoms with Gasteiger partial charge in [-0.3, -0.25) is 19.3 Å². The highest BCUT2D eigenvalue weighted by molar-refractivity contribution is 7.99. The van der Waals surface area contributed by atoms with E-state index in [1.54, 1.807) is 30.3 Å². The maximum atomic E-state index is 13.1. The maximum absolute atomic E-state index is 13.1. The van der Waals surface area contributed by atoms with E-state index < -0.39 is 24.0 Å². The van der Waals surface area contributed by atoms with E-state index in [1.165, 1.54) is 28.8 Å². The Morgan fingerprint density at radius 3 is 2.55 bits per heavy atom. The van der Waals surface area contributed by atoms with E-state index in [0.29, 0.717) is 30.0 Å². The molecule has 2 aromatic rings. The molecule has 0 atom stereocenters. The number of fused-ring (bicyclic) bond motifs is 1. The van der Waals surface area contributed by atoms with Gasteiger partial charge in [0, 0.05) is 10.6 Å². The summed E-state index contributed by atoms with van der Waals surface area (Å²) in [6.07, 6.45) is 3.01. The molecule has 0 radical (unpaired) electrons. The smallest absolute Gasteiger partial charge is 0.307 e. The number of esters is 1. The highest BCUT2D eigenvalue weighted by atomic mass is 32.2. The summed E-state index contributed by atoms with van der Waals surface area (Å²) in [6.45, 7) is -0.413. The Labute approximate surface area is 184 Å². The van der Waals surface area contributed by atoms with Crippen LogP contribution in [0.5, 0.6) is 0 Å². The molecule has 1 aliphatic heterocycles. The number of thioether (sulfide) groups is 1. The number of para-hydroxylation sites is 2. The molecule has 2 aliphatic rings. The van der Waals surface area contributed by atoms with Gasteiger partial charge in [-0.15, -0.1) is 11.8 Å². The van der Waals surface area contributed by atoms with Crippen LogP contribution in [0.4, 0.5) is 15.8 Å². The van der Waals surface area contributed by atoms with Gasteiger partial charge >= 0.3 is 5.97 Å². The Hall–Kier alpha value is -2.87. The molecule has 1 saturated carbocycles. The zero-order chi connectivity index (χ0) is 21.8. The summed E-state index contributed by atoms with van der Waals surface area (Å²) < 4.78 is 18.2. The normalized spacial score (nSPS) is 16.7. The minimum Gasteiger partial charge on any atom is -0.456 e.